The molecule has 0 N–H and O–H groups in total. The highest BCUT2D eigenvalue weighted by Gasteiger charge is 2.59. The van der Waals surface area contributed by atoms with Crippen LogP contribution >= 0.6 is 0 Å². The van der Waals surface area contributed by atoms with E-state index in [4.69, 9.17) is 4.98 Å². The Balaban J connectivity index is 1.44. The van der Waals surface area contributed by atoms with Crippen molar-refractivity contribution in [3.8, 4) is 0 Å². The molecule has 26 heavy (non-hydrogen) atoms. The van der Waals surface area contributed by atoms with Crippen LogP contribution in [-0.4, -0.2) is 57.5 Å². The fourth-order valence-corrected chi connectivity index (χ4v) is 5.28. The molecule has 2 atom stereocenters. The van der Waals surface area contributed by atoms with Gasteiger partial charge < -0.3 is 9.47 Å². The summed E-state index contributed by atoms with van der Waals surface area (Å²) in [6.45, 7) is 8.30. The summed E-state index contributed by atoms with van der Waals surface area (Å²) in [6.07, 6.45) is 11.8. The average Bonchev–Trinajstić information content (AvgIpc) is 3.00. The molecule has 0 aromatic carbocycles. The van der Waals surface area contributed by atoms with Gasteiger partial charge in [0.1, 0.15) is 0 Å². The van der Waals surface area contributed by atoms with Gasteiger partial charge in [-0.2, -0.15) is 0 Å². The number of hydrogen-bond donors (Lipinski definition) is 0. The summed E-state index contributed by atoms with van der Waals surface area (Å²) in [4.78, 5) is 23.1. The zero-order valence-electron chi connectivity index (χ0n) is 16.2. The van der Waals surface area contributed by atoms with Gasteiger partial charge in [-0.25, -0.2) is 4.98 Å². The first-order chi connectivity index (χ1) is 12.6. The molecular formula is C21H32N4O. The molecule has 1 aromatic rings. The molecule has 2 unspecified atom stereocenters. The number of imidazole rings is 1. The molecule has 1 amide bonds. The lowest BCUT2D eigenvalue weighted by molar-refractivity contribution is -0.136. The Labute approximate surface area is 156 Å². The monoisotopic (exact) mass is 356 g/mol. The molecule has 1 aromatic heterocycles. The van der Waals surface area contributed by atoms with E-state index in [-0.39, 0.29) is 11.3 Å². The van der Waals surface area contributed by atoms with E-state index in [9.17, 15) is 4.79 Å². The molecule has 1 spiro atoms. The molecule has 2 aliphatic heterocycles. The molecule has 0 radical (unpaired) electrons. The first-order valence-corrected chi connectivity index (χ1v) is 10.6. The Bertz CT molecular complexity index is 690. The van der Waals surface area contributed by atoms with Crippen LogP contribution in [0.3, 0.4) is 0 Å². The van der Waals surface area contributed by atoms with Crippen LogP contribution in [0.5, 0.6) is 0 Å². The van der Waals surface area contributed by atoms with Crippen LogP contribution in [0.1, 0.15) is 70.0 Å². The minimum atomic E-state index is -0.222. The van der Waals surface area contributed by atoms with Crippen LogP contribution in [-0.2, 0) is 4.79 Å². The second kappa shape index (κ2) is 6.08. The first kappa shape index (κ1) is 16.8. The van der Waals surface area contributed by atoms with Crippen molar-refractivity contribution in [1.29, 1.82) is 0 Å². The van der Waals surface area contributed by atoms with Crippen LogP contribution in [0.2, 0.25) is 0 Å². The summed E-state index contributed by atoms with van der Waals surface area (Å²) in [6, 6.07) is 1.12. The number of carbonyl (C=O) groups is 1. The van der Waals surface area contributed by atoms with Crippen molar-refractivity contribution >= 4 is 5.91 Å². The van der Waals surface area contributed by atoms with E-state index in [1.54, 1.807) is 0 Å². The summed E-state index contributed by atoms with van der Waals surface area (Å²) in [5.41, 5.74) is 0.919. The number of hydrogen-bond acceptors (Lipinski definition) is 3. The van der Waals surface area contributed by atoms with E-state index in [2.05, 4.69) is 34.4 Å². The van der Waals surface area contributed by atoms with Gasteiger partial charge in [-0.05, 0) is 51.9 Å². The Kier molecular flexibility index (Phi) is 3.93. The van der Waals surface area contributed by atoms with Crippen molar-refractivity contribution in [2.24, 2.45) is 11.3 Å². The van der Waals surface area contributed by atoms with Crippen molar-refractivity contribution in [1.82, 2.24) is 19.4 Å². The summed E-state index contributed by atoms with van der Waals surface area (Å²) in [5, 5.41) is 0. The Morgan fingerprint density at radius 2 is 2.08 bits per heavy atom. The molecule has 2 saturated carbocycles. The van der Waals surface area contributed by atoms with E-state index in [0.29, 0.717) is 18.0 Å². The summed E-state index contributed by atoms with van der Waals surface area (Å²) in [7, 11) is 0. The molecule has 2 saturated heterocycles. The van der Waals surface area contributed by atoms with Gasteiger partial charge in [0.15, 0.2) is 0 Å². The summed E-state index contributed by atoms with van der Waals surface area (Å²) in [5.74, 6) is 1.46. The lowest BCUT2D eigenvalue weighted by Crippen LogP contribution is -2.43. The largest absolute Gasteiger partial charge is 0.342 e. The third-order valence-corrected chi connectivity index (χ3v) is 7.45. The quantitative estimate of drug-likeness (QED) is 0.814. The first-order valence-electron chi connectivity index (χ1n) is 10.6. The molecule has 5 rings (SSSR count). The molecule has 2 aliphatic carbocycles. The van der Waals surface area contributed by atoms with Gasteiger partial charge in [0.05, 0.1) is 17.4 Å². The highest BCUT2D eigenvalue weighted by atomic mass is 16.2. The van der Waals surface area contributed by atoms with Crippen molar-refractivity contribution in [3.63, 3.8) is 0 Å². The van der Waals surface area contributed by atoms with E-state index < -0.39 is 0 Å². The molecule has 4 aliphatic rings. The second-order valence-corrected chi connectivity index (χ2v) is 9.51. The van der Waals surface area contributed by atoms with Gasteiger partial charge in [-0.3, -0.25) is 9.69 Å². The number of aromatic nitrogens is 2. The minimum absolute atomic E-state index is 0.222. The number of nitrogens with zero attached hydrogens (tertiary/aromatic N) is 4. The Hall–Kier alpha value is -1.36. The normalized spacial score (nSPS) is 33.0. The summed E-state index contributed by atoms with van der Waals surface area (Å²) < 4.78 is 2.19. The van der Waals surface area contributed by atoms with Gasteiger partial charge in [0.25, 0.3) is 0 Å². The van der Waals surface area contributed by atoms with Gasteiger partial charge in [0.2, 0.25) is 5.91 Å². The van der Waals surface area contributed by atoms with E-state index in [0.717, 1.165) is 44.2 Å². The van der Waals surface area contributed by atoms with E-state index in [1.807, 2.05) is 6.33 Å². The maximum absolute atomic E-state index is 13.6. The Morgan fingerprint density at radius 3 is 2.69 bits per heavy atom. The standard InChI is InChI=1S/C21H32N4O/c1-15(2)25-12-19(22-14-25)18-11-24(17-4-3-5-17)13-21(18)8-9-23(20(21)26)10-16-6-7-16/h12,14-18H,3-11,13H2,1-2H3. The van der Waals surface area contributed by atoms with Gasteiger partial charge in [-0.1, -0.05) is 6.42 Å². The maximum atomic E-state index is 13.6. The molecule has 142 valence electrons. The predicted octanol–water partition coefficient (Wildman–Crippen LogP) is 3.04. The average molecular weight is 357 g/mol. The van der Waals surface area contributed by atoms with Crippen LogP contribution in [0.15, 0.2) is 12.5 Å². The van der Waals surface area contributed by atoms with Crippen LogP contribution in [0.4, 0.5) is 0 Å². The van der Waals surface area contributed by atoms with E-state index in [1.165, 1.54) is 32.1 Å². The van der Waals surface area contributed by atoms with Crippen molar-refractivity contribution in [2.45, 2.75) is 70.4 Å². The second-order valence-electron chi connectivity index (χ2n) is 9.51. The Morgan fingerprint density at radius 1 is 1.27 bits per heavy atom. The zero-order valence-corrected chi connectivity index (χ0v) is 16.2. The van der Waals surface area contributed by atoms with Gasteiger partial charge in [0, 0.05) is 50.4 Å². The highest BCUT2D eigenvalue weighted by Crippen LogP contribution is 2.51. The molecule has 5 nitrogen and oxygen atoms in total. The molecular weight excluding hydrogens is 324 g/mol. The van der Waals surface area contributed by atoms with Crippen molar-refractivity contribution in [3.05, 3.63) is 18.2 Å². The van der Waals surface area contributed by atoms with Gasteiger partial charge >= 0.3 is 0 Å². The molecule has 5 heteroatoms. The zero-order chi connectivity index (χ0) is 17.9. The van der Waals surface area contributed by atoms with Crippen molar-refractivity contribution in [2.75, 3.05) is 26.2 Å². The number of carbonyl (C=O) groups excluding carboxylic acids is 1. The SMILES string of the molecule is CC(C)n1cnc(C2CN(C3CCC3)CC23CCN(CC2CC2)C3=O)c1. The van der Waals surface area contributed by atoms with Crippen molar-refractivity contribution < 1.29 is 4.79 Å². The van der Waals surface area contributed by atoms with Crippen LogP contribution in [0, 0.1) is 11.3 Å². The number of likely N-dealkylation sites (tertiary alicyclic amines) is 2. The minimum Gasteiger partial charge on any atom is -0.342 e. The lowest BCUT2D eigenvalue weighted by Gasteiger charge is -2.35. The smallest absolute Gasteiger partial charge is 0.230 e. The molecule has 3 heterocycles. The predicted molar refractivity (Wildman–Crippen MR) is 101 cm³/mol. The topological polar surface area (TPSA) is 41.4 Å². The highest BCUT2D eigenvalue weighted by molar-refractivity contribution is 5.87. The van der Waals surface area contributed by atoms with E-state index >= 15 is 0 Å². The number of amides is 1. The fourth-order valence-electron chi connectivity index (χ4n) is 5.28. The van der Waals surface area contributed by atoms with Gasteiger partial charge in [-0.15, -0.1) is 0 Å². The molecule has 0 bridgehead atoms. The summed E-state index contributed by atoms with van der Waals surface area (Å²) >= 11 is 0. The van der Waals surface area contributed by atoms with Crippen LogP contribution in [0.25, 0.3) is 0 Å². The van der Waals surface area contributed by atoms with Crippen LogP contribution < -0.4 is 0 Å². The maximum Gasteiger partial charge on any atom is 0.230 e. The number of rotatable bonds is 5. The fraction of sp³-hybridized carbons (Fsp3) is 0.810. The third-order valence-electron chi connectivity index (χ3n) is 7.45. The lowest BCUT2D eigenvalue weighted by atomic mass is 9.75. The molecule has 4 fully saturated rings. The third kappa shape index (κ3) is 2.62.